The third kappa shape index (κ3) is 3.04. The van der Waals surface area contributed by atoms with Crippen molar-refractivity contribution in [2.75, 3.05) is 0 Å². The number of rotatable bonds is 4. The minimum atomic E-state index is -0.121. The first kappa shape index (κ1) is 9.24. The molecule has 1 rings (SSSR count). The summed E-state index contributed by atoms with van der Waals surface area (Å²) in [5, 5.41) is 0. The Hall–Kier alpha value is -0.850. The topological polar surface area (TPSA) is 0 Å². The van der Waals surface area contributed by atoms with Crippen molar-refractivity contribution in [2.24, 2.45) is 0 Å². The van der Waals surface area contributed by atoms with Crippen molar-refractivity contribution >= 4 is 0 Å². The molecule has 0 atom stereocenters. The van der Waals surface area contributed by atoms with Gasteiger partial charge in [0, 0.05) is 0 Å². The Morgan fingerprint density at radius 1 is 1.25 bits per heavy atom. The molecule has 0 spiro atoms. The number of halogens is 1. The fraction of sp³-hybridized carbons (Fsp3) is 0.455. The molecule has 0 aromatic heterocycles. The Morgan fingerprint density at radius 3 is 2.75 bits per heavy atom. The first-order valence-electron chi connectivity index (χ1n) is 4.57. The molecule has 0 N–H and O–H groups in total. The minimum Gasteiger partial charge on any atom is -0.207 e. The average Bonchev–Trinajstić information content (AvgIpc) is 2.05. The van der Waals surface area contributed by atoms with Crippen molar-refractivity contribution in [3.8, 4) is 0 Å². The highest BCUT2D eigenvalue weighted by molar-refractivity contribution is 5.16. The maximum atomic E-state index is 12.7. The van der Waals surface area contributed by atoms with E-state index in [1.54, 1.807) is 12.1 Å². The number of unbranched alkanes of at least 4 members (excludes halogenated alkanes) is 2. The van der Waals surface area contributed by atoms with E-state index in [2.05, 4.69) is 6.92 Å². The van der Waals surface area contributed by atoms with E-state index in [4.69, 9.17) is 0 Å². The smallest absolute Gasteiger partial charge is 0.123 e. The van der Waals surface area contributed by atoms with E-state index in [-0.39, 0.29) is 5.82 Å². The van der Waals surface area contributed by atoms with E-state index < -0.39 is 0 Å². The molecule has 1 aromatic rings. The zero-order valence-corrected chi connectivity index (χ0v) is 7.52. The lowest BCUT2D eigenvalue weighted by molar-refractivity contribution is 0.623. The molecule has 0 radical (unpaired) electrons. The molecule has 0 unspecified atom stereocenters. The van der Waals surface area contributed by atoms with Gasteiger partial charge in [0.05, 0.1) is 0 Å². The van der Waals surface area contributed by atoms with Gasteiger partial charge >= 0.3 is 0 Å². The molecule has 0 saturated carbocycles. The van der Waals surface area contributed by atoms with Gasteiger partial charge in [-0.15, -0.1) is 0 Å². The summed E-state index contributed by atoms with van der Waals surface area (Å²) in [6.07, 6.45) is 4.62. The Labute approximate surface area is 73.4 Å². The predicted octanol–water partition coefficient (Wildman–Crippen LogP) is 3.56. The first-order chi connectivity index (χ1) is 5.83. The lowest BCUT2D eigenvalue weighted by Crippen LogP contribution is -1.85. The summed E-state index contributed by atoms with van der Waals surface area (Å²) in [6.45, 7) is 2.17. The van der Waals surface area contributed by atoms with Crippen molar-refractivity contribution in [1.29, 1.82) is 0 Å². The van der Waals surface area contributed by atoms with Gasteiger partial charge < -0.3 is 0 Å². The highest BCUT2D eigenvalue weighted by Crippen LogP contribution is 2.08. The van der Waals surface area contributed by atoms with Crippen molar-refractivity contribution in [3.63, 3.8) is 0 Å². The van der Waals surface area contributed by atoms with Crippen LogP contribution in [-0.2, 0) is 6.42 Å². The van der Waals surface area contributed by atoms with E-state index >= 15 is 0 Å². The van der Waals surface area contributed by atoms with Crippen molar-refractivity contribution in [3.05, 3.63) is 35.6 Å². The standard InChI is InChI=1S/C11H15F/c1-2-3-4-6-10-7-5-8-11(12)9-10/h5,7-9H,2-4,6H2,1H3. The Kier molecular flexibility index (Phi) is 3.78. The SMILES string of the molecule is CCCCCc1cccc(F)c1. The van der Waals surface area contributed by atoms with E-state index in [0.29, 0.717) is 0 Å². The van der Waals surface area contributed by atoms with Crippen LogP contribution in [0.2, 0.25) is 0 Å². The number of aryl methyl sites for hydroxylation is 1. The summed E-state index contributed by atoms with van der Waals surface area (Å²) >= 11 is 0. The van der Waals surface area contributed by atoms with Crippen molar-refractivity contribution in [1.82, 2.24) is 0 Å². The van der Waals surface area contributed by atoms with E-state index in [9.17, 15) is 4.39 Å². The van der Waals surface area contributed by atoms with Gasteiger partial charge in [0.25, 0.3) is 0 Å². The van der Waals surface area contributed by atoms with Crippen molar-refractivity contribution in [2.45, 2.75) is 32.6 Å². The van der Waals surface area contributed by atoms with E-state index in [1.807, 2.05) is 6.07 Å². The molecule has 1 aromatic carbocycles. The number of hydrogen-bond donors (Lipinski definition) is 0. The highest BCUT2D eigenvalue weighted by atomic mass is 19.1. The summed E-state index contributed by atoms with van der Waals surface area (Å²) in [4.78, 5) is 0. The molecule has 0 fully saturated rings. The first-order valence-corrected chi connectivity index (χ1v) is 4.57. The summed E-state index contributed by atoms with van der Waals surface area (Å²) in [6, 6.07) is 6.87. The van der Waals surface area contributed by atoms with Crippen LogP contribution in [0.3, 0.4) is 0 Å². The Morgan fingerprint density at radius 2 is 2.08 bits per heavy atom. The molecule has 0 heterocycles. The third-order valence-electron chi connectivity index (χ3n) is 1.96. The lowest BCUT2D eigenvalue weighted by Gasteiger charge is -1.99. The largest absolute Gasteiger partial charge is 0.207 e. The summed E-state index contributed by atoms with van der Waals surface area (Å²) in [5.74, 6) is -0.121. The number of hydrogen-bond acceptors (Lipinski definition) is 0. The molecule has 0 amide bonds. The molecule has 0 aliphatic rings. The van der Waals surface area contributed by atoms with Crippen molar-refractivity contribution < 1.29 is 4.39 Å². The van der Waals surface area contributed by atoms with Gasteiger partial charge in [-0.1, -0.05) is 31.9 Å². The van der Waals surface area contributed by atoms with Gasteiger partial charge in [0.1, 0.15) is 5.82 Å². The van der Waals surface area contributed by atoms with Crippen LogP contribution in [0, 0.1) is 5.82 Å². The second kappa shape index (κ2) is 4.91. The fourth-order valence-electron chi connectivity index (χ4n) is 1.27. The second-order valence-corrected chi connectivity index (χ2v) is 3.09. The van der Waals surface area contributed by atoms with Crippen LogP contribution in [0.5, 0.6) is 0 Å². The quantitative estimate of drug-likeness (QED) is 0.600. The average molecular weight is 166 g/mol. The minimum absolute atomic E-state index is 0.121. The van der Waals surface area contributed by atoms with Crippen LogP contribution in [0.25, 0.3) is 0 Å². The maximum absolute atomic E-state index is 12.7. The summed E-state index contributed by atoms with van der Waals surface area (Å²) < 4.78 is 12.7. The molecular weight excluding hydrogens is 151 g/mol. The van der Waals surface area contributed by atoms with Crippen LogP contribution in [0.4, 0.5) is 4.39 Å². The normalized spacial score (nSPS) is 10.2. The monoisotopic (exact) mass is 166 g/mol. The molecular formula is C11H15F. The Balaban J connectivity index is 2.41. The van der Waals surface area contributed by atoms with E-state index in [0.717, 1.165) is 12.0 Å². The second-order valence-electron chi connectivity index (χ2n) is 3.09. The molecule has 0 aliphatic carbocycles. The van der Waals surface area contributed by atoms with Gasteiger partial charge in [0.15, 0.2) is 0 Å². The van der Waals surface area contributed by atoms with E-state index in [1.165, 1.54) is 25.3 Å². The van der Waals surface area contributed by atoms with Gasteiger partial charge in [-0.05, 0) is 30.5 Å². The predicted molar refractivity (Wildman–Crippen MR) is 49.6 cm³/mol. The van der Waals surface area contributed by atoms with Gasteiger partial charge in [-0.25, -0.2) is 4.39 Å². The van der Waals surface area contributed by atoms with Crippen LogP contribution in [-0.4, -0.2) is 0 Å². The molecule has 0 bridgehead atoms. The van der Waals surface area contributed by atoms with Gasteiger partial charge in [-0.2, -0.15) is 0 Å². The Bertz CT molecular complexity index is 230. The van der Waals surface area contributed by atoms with Gasteiger partial charge in [0.2, 0.25) is 0 Å². The van der Waals surface area contributed by atoms with Crippen LogP contribution >= 0.6 is 0 Å². The lowest BCUT2D eigenvalue weighted by atomic mass is 10.1. The maximum Gasteiger partial charge on any atom is 0.123 e. The zero-order valence-electron chi connectivity index (χ0n) is 7.52. The molecule has 66 valence electrons. The number of benzene rings is 1. The summed E-state index contributed by atoms with van der Waals surface area (Å²) in [7, 11) is 0. The highest BCUT2D eigenvalue weighted by Gasteiger charge is 1.94. The molecule has 0 aliphatic heterocycles. The molecule has 0 saturated heterocycles. The van der Waals surface area contributed by atoms with Gasteiger partial charge in [-0.3, -0.25) is 0 Å². The fourth-order valence-corrected chi connectivity index (χ4v) is 1.27. The van der Waals surface area contributed by atoms with Crippen LogP contribution < -0.4 is 0 Å². The van der Waals surface area contributed by atoms with Crippen LogP contribution in [0.1, 0.15) is 31.7 Å². The third-order valence-corrected chi connectivity index (χ3v) is 1.96. The molecule has 1 heteroatoms. The molecule has 0 nitrogen and oxygen atoms in total. The van der Waals surface area contributed by atoms with Crippen LogP contribution in [0.15, 0.2) is 24.3 Å². The molecule has 12 heavy (non-hydrogen) atoms. The summed E-state index contributed by atoms with van der Waals surface area (Å²) in [5.41, 5.74) is 1.11. The zero-order chi connectivity index (χ0) is 8.81.